The van der Waals surface area contributed by atoms with Crippen LogP contribution in [0.25, 0.3) is 10.9 Å². The Balaban J connectivity index is 2.75. The van der Waals surface area contributed by atoms with Gasteiger partial charge >= 0.3 is 0 Å². The summed E-state index contributed by atoms with van der Waals surface area (Å²) in [5.74, 6) is 0.758. The smallest absolute Gasteiger partial charge is 0.158 e. The van der Waals surface area contributed by atoms with Gasteiger partial charge in [-0.05, 0) is 19.1 Å². The first-order valence-corrected chi connectivity index (χ1v) is 3.86. The van der Waals surface area contributed by atoms with Crippen molar-refractivity contribution in [1.82, 2.24) is 5.16 Å². The molecule has 0 saturated carbocycles. The summed E-state index contributed by atoms with van der Waals surface area (Å²) in [6, 6.07) is 5.98. The predicted octanol–water partition coefficient (Wildman–Crippen LogP) is 1.59. The molecule has 2 N–H and O–H groups in total. The molecule has 0 spiro atoms. The molecule has 0 atom stereocenters. The van der Waals surface area contributed by atoms with Gasteiger partial charge in [0.25, 0.3) is 0 Å². The zero-order valence-corrected chi connectivity index (χ0v) is 6.87. The minimum Gasteiger partial charge on any atom is -0.359 e. The van der Waals surface area contributed by atoms with Crippen molar-refractivity contribution >= 4 is 10.9 Å². The molecule has 0 aliphatic heterocycles. The summed E-state index contributed by atoms with van der Waals surface area (Å²) in [5.41, 5.74) is 7.55. The molecule has 1 aromatic carbocycles. The van der Waals surface area contributed by atoms with Gasteiger partial charge in [-0.1, -0.05) is 16.8 Å². The fourth-order valence-electron chi connectivity index (χ4n) is 1.25. The number of hydrogen-bond acceptors (Lipinski definition) is 3. The molecule has 2 rings (SSSR count). The van der Waals surface area contributed by atoms with Crippen molar-refractivity contribution in [1.29, 1.82) is 0 Å². The van der Waals surface area contributed by atoms with Gasteiger partial charge in [-0.2, -0.15) is 0 Å². The Bertz CT molecular complexity index is 406. The van der Waals surface area contributed by atoms with Crippen LogP contribution >= 0.6 is 0 Å². The third kappa shape index (κ3) is 0.987. The largest absolute Gasteiger partial charge is 0.359 e. The van der Waals surface area contributed by atoms with Gasteiger partial charge in [0, 0.05) is 5.39 Å². The molecular weight excluding hydrogens is 152 g/mol. The first-order chi connectivity index (χ1) is 5.81. The Morgan fingerprint density at radius 2 is 2.33 bits per heavy atom. The topological polar surface area (TPSA) is 52.0 Å². The fourth-order valence-corrected chi connectivity index (χ4v) is 1.25. The highest BCUT2D eigenvalue weighted by molar-refractivity contribution is 5.81. The van der Waals surface area contributed by atoms with E-state index in [4.69, 9.17) is 10.3 Å². The second kappa shape index (κ2) is 2.60. The molecule has 0 fully saturated rings. The van der Waals surface area contributed by atoms with Crippen molar-refractivity contribution in [2.75, 3.05) is 0 Å². The number of fused-ring (bicyclic) bond motifs is 1. The first-order valence-electron chi connectivity index (χ1n) is 3.86. The van der Waals surface area contributed by atoms with Crippen molar-refractivity contribution in [2.45, 2.75) is 13.5 Å². The van der Waals surface area contributed by atoms with Crippen LogP contribution in [0.3, 0.4) is 0 Å². The zero-order chi connectivity index (χ0) is 8.55. The molecule has 0 bridgehead atoms. The molecule has 0 saturated heterocycles. The predicted molar refractivity (Wildman–Crippen MR) is 46.6 cm³/mol. The minimum absolute atomic E-state index is 0.403. The van der Waals surface area contributed by atoms with E-state index < -0.39 is 0 Å². The molecular formula is C9H10N2O. The lowest BCUT2D eigenvalue weighted by Gasteiger charge is -1.91. The van der Waals surface area contributed by atoms with Crippen LogP contribution in [-0.2, 0) is 6.54 Å². The maximum Gasteiger partial charge on any atom is 0.158 e. The highest BCUT2D eigenvalue weighted by Gasteiger charge is 2.05. The summed E-state index contributed by atoms with van der Waals surface area (Å²) in [7, 11) is 0. The molecule has 62 valence electrons. The summed E-state index contributed by atoms with van der Waals surface area (Å²) < 4.78 is 5.04. The van der Waals surface area contributed by atoms with Gasteiger partial charge < -0.3 is 10.3 Å². The number of benzene rings is 1. The van der Waals surface area contributed by atoms with Crippen molar-refractivity contribution < 1.29 is 4.52 Å². The maximum atomic E-state index is 5.48. The van der Waals surface area contributed by atoms with E-state index in [-0.39, 0.29) is 0 Å². The standard InChI is InChI=1S/C9H10N2O/c1-6-2-3-8-7(4-6)9(5-10)12-11-8/h2-4H,5,10H2,1H3. The molecule has 0 aliphatic carbocycles. The minimum atomic E-state index is 0.403. The van der Waals surface area contributed by atoms with Crippen LogP contribution in [-0.4, -0.2) is 5.16 Å². The lowest BCUT2D eigenvalue weighted by atomic mass is 10.1. The second-order valence-electron chi connectivity index (χ2n) is 2.83. The first kappa shape index (κ1) is 7.31. The summed E-state index contributed by atoms with van der Waals surface area (Å²) in [5, 5.41) is 4.90. The van der Waals surface area contributed by atoms with Crippen molar-refractivity contribution in [3.05, 3.63) is 29.5 Å². The number of aromatic nitrogens is 1. The number of hydrogen-bond donors (Lipinski definition) is 1. The number of nitrogens with two attached hydrogens (primary N) is 1. The van der Waals surface area contributed by atoms with Gasteiger partial charge in [0.05, 0.1) is 6.54 Å². The lowest BCUT2D eigenvalue weighted by Crippen LogP contribution is -1.93. The molecule has 12 heavy (non-hydrogen) atoms. The van der Waals surface area contributed by atoms with Gasteiger partial charge in [-0.3, -0.25) is 0 Å². The summed E-state index contributed by atoms with van der Waals surface area (Å²) in [6.07, 6.45) is 0. The average molecular weight is 162 g/mol. The Morgan fingerprint density at radius 1 is 1.50 bits per heavy atom. The van der Waals surface area contributed by atoms with E-state index in [2.05, 4.69) is 5.16 Å². The highest BCUT2D eigenvalue weighted by Crippen LogP contribution is 2.18. The van der Waals surface area contributed by atoms with Crippen LogP contribution in [0.15, 0.2) is 22.7 Å². The molecule has 0 amide bonds. The zero-order valence-electron chi connectivity index (χ0n) is 6.87. The number of aryl methyl sites for hydroxylation is 1. The normalized spacial score (nSPS) is 10.8. The van der Waals surface area contributed by atoms with Gasteiger partial charge in [0.2, 0.25) is 0 Å². The maximum absolute atomic E-state index is 5.48. The van der Waals surface area contributed by atoms with E-state index in [1.807, 2.05) is 25.1 Å². The van der Waals surface area contributed by atoms with Gasteiger partial charge in [-0.15, -0.1) is 0 Å². The van der Waals surface area contributed by atoms with E-state index in [1.165, 1.54) is 5.56 Å². The lowest BCUT2D eigenvalue weighted by molar-refractivity contribution is 0.393. The quantitative estimate of drug-likeness (QED) is 0.692. The SMILES string of the molecule is Cc1ccc2noc(CN)c2c1. The van der Waals surface area contributed by atoms with Crippen LogP contribution in [0.4, 0.5) is 0 Å². The molecule has 1 aromatic heterocycles. The molecule has 0 radical (unpaired) electrons. The molecule has 0 unspecified atom stereocenters. The van der Waals surface area contributed by atoms with E-state index in [0.717, 1.165) is 16.7 Å². The Kier molecular flexibility index (Phi) is 1.59. The summed E-state index contributed by atoms with van der Waals surface area (Å²) in [4.78, 5) is 0. The molecule has 1 heterocycles. The average Bonchev–Trinajstić information content (AvgIpc) is 2.46. The Hall–Kier alpha value is -1.35. The van der Waals surface area contributed by atoms with E-state index in [0.29, 0.717) is 6.54 Å². The third-order valence-corrected chi connectivity index (χ3v) is 1.89. The van der Waals surface area contributed by atoms with E-state index in [1.54, 1.807) is 0 Å². The summed E-state index contributed by atoms with van der Waals surface area (Å²) in [6.45, 7) is 2.44. The van der Waals surface area contributed by atoms with Gasteiger partial charge in [-0.25, -0.2) is 0 Å². The fraction of sp³-hybridized carbons (Fsp3) is 0.222. The monoisotopic (exact) mass is 162 g/mol. The second-order valence-corrected chi connectivity index (χ2v) is 2.83. The van der Waals surface area contributed by atoms with Crippen molar-refractivity contribution in [3.8, 4) is 0 Å². The number of rotatable bonds is 1. The molecule has 3 nitrogen and oxygen atoms in total. The van der Waals surface area contributed by atoms with Crippen LogP contribution < -0.4 is 5.73 Å². The Morgan fingerprint density at radius 3 is 3.08 bits per heavy atom. The van der Waals surface area contributed by atoms with E-state index in [9.17, 15) is 0 Å². The van der Waals surface area contributed by atoms with Crippen molar-refractivity contribution in [3.63, 3.8) is 0 Å². The highest BCUT2D eigenvalue weighted by atomic mass is 16.5. The van der Waals surface area contributed by atoms with Crippen LogP contribution in [0, 0.1) is 6.92 Å². The number of nitrogens with zero attached hydrogens (tertiary/aromatic N) is 1. The van der Waals surface area contributed by atoms with Gasteiger partial charge in [0.15, 0.2) is 5.76 Å². The molecule has 2 aromatic rings. The van der Waals surface area contributed by atoms with Crippen molar-refractivity contribution in [2.24, 2.45) is 5.73 Å². The van der Waals surface area contributed by atoms with E-state index >= 15 is 0 Å². The Labute approximate surface area is 70.1 Å². The molecule has 0 aliphatic rings. The third-order valence-electron chi connectivity index (χ3n) is 1.89. The van der Waals surface area contributed by atoms with Crippen LogP contribution in [0.2, 0.25) is 0 Å². The molecule has 3 heteroatoms. The summed E-state index contributed by atoms with van der Waals surface area (Å²) >= 11 is 0. The van der Waals surface area contributed by atoms with Crippen LogP contribution in [0.1, 0.15) is 11.3 Å². The van der Waals surface area contributed by atoms with Crippen LogP contribution in [0.5, 0.6) is 0 Å². The van der Waals surface area contributed by atoms with Gasteiger partial charge in [0.1, 0.15) is 5.52 Å².